The third-order valence-electron chi connectivity index (χ3n) is 4.25. The molecule has 1 N–H and O–H groups in total. The largest absolute Gasteiger partial charge is 0.340 e. The zero-order valence-corrected chi connectivity index (χ0v) is 15.9. The van der Waals surface area contributed by atoms with Gasteiger partial charge in [0.1, 0.15) is 0 Å². The molecule has 0 bridgehead atoms. The maximum atomic E-state index is 12.6. The molecule has 0 spiro atoms. The molecule has 1 fully saturated rings. The van der Waals surface area contributed by atoms with Gasteiger partial charge in [0, 0.05) is 24.0 Å². The highest BCUT2D eigenvalue weighted by Gasteiger charge is 2.38. The monoisotopic (exact) mass is 359 g/mol. The van der Waals surface area contributed by atoms with E-state index in [4.69, 9.17) is 0 Å². The predicted molar refractivity (Wildman–Crippen MR) is 92.0 cm³/mol. The Morgan fingerprint density at radius 1 is 1.39 bits per heavy atom. The van der Waals surface area contributed by atoms with E-state index in [1.165, 1.54) is 6.26 Å². The molecule has 130 valence electrons. The summed E-state index contributed by atoms with van der Waals surface area (Å²) in [5.74, 6) is 0.484. The average Bonchev–Trinajstić information content (AvgIpc) is 2.91. The van der Waals surface area contributed by atoms with Crippen molar-refractivity contribution in [2.24, 2.45) is 11.8 Å². The Bertz CT molecular complexity index is 682. The molecule has 8 heteroatoms. The summed E-state index contributed by atoms with van der Waals surface area (Å²) in [5, 5.41) is 0.961. The number of carbonyl (C=O) groups is 1. The van der Waals surface area contributed by atoms with Gasteiger partial charge >= 0.3 is 0 Å². The third-order valence-corrected chi connectivity index (χ3v) is 6.05. The van der Waals surface area contributed by atoms with Crippen molar-refractivity contribution in [3.8, 4) is 0 Å². The number of hydrogen-bond acceptors (Lipinski definition) is 5. The zero-order valence-electron chi connectivity index (χ0n) is 14.3. The number of aryl methyl sites for hydroxylation is 2. The molecule has 1 amide bonds. The number of nitrogens with one attached hydrogen (secondary N) is 1. The first-order valence-corrected chi connectivity index (χ1v) is 10.5. The molecule has 0 radical (unpaired) electrons. The van der Waals surface area contributed by atoms with Crippen LogP contribution in [0.2, 0.25) is 0 Å². The average molecular weight is 360 g/mol. The minimum atomic E-state index is -3.28. The van der Waals surface area contributed by atoms with Crippen molar-refractivity contribution < 1.29 is 13.2 Å². The summed E-state index contributed by atoms with van der Waals surface area (Å²) in [6.45, 7) is 9.01. The maximum absolute atomic E-state index is 12.6. The van der Waals surface area contributed by atoms with Crippen LogP contribution in [0.3, 0.4) is 0 Å². The number of rotatable bonds is 5. The Hall–Kier alpha value is -0.990. The third kappa shape index (κ3) is 4.74. The van der Waals surface area contributed by atoms with Crippen LogP contribution in [0, 0.1) is 25.7 Å². The van der Waals surface area contributed by atoms with E-state index >= 15 is 0 Å². The Morgan fingerprint density at radius 2 is 2.04 bits per heavy atom. The summed E-state index contributed by atoms with van der Waals surface area (Å²) in [5.41, 5.74) is 0.909. The van der Waals surface area contributed by atoms with E-state index in [0.717, 1.165) is 15.6 Å². The first-order valence-electron chi connectivity index (χ1n) is 7.74. The molecule has 0 saturated carbocycles. The highest BCUT2D eigenvalue weighted by atomic mass is 32.2. The lowest BCUT2D eigenvalue weighted by atomic mass is 9.92. The molecule has 1 aromatic heterocycles. The minimum Gasteiger partial charge on any atom is -0.340 e. The summed E-state index contributed by atoms with van der Waals surface area (Å²) in [4.78, 5) is 19.7. The van der Waals surface area contributed by atoms with Crippen LogP contribution in [0.25, 0.3) is 0 Å². The lowest BCUT2D eigenvalue weighted by Gasteiger charge is -2.21. The highest BCUT2D eigenvalue weighted by Crippen LogP contribution is 2.26. The van der Waals surface area contributed by atoms with Gasteiger partial charge in [-0.25, -0.2) is 18.1 Å². The first kappa shape index (κ1) is 18.4. The number of sulfonamides is 1. The van der Waals surface area contributed by atoms with Crippen LogP contribution in [0.1, 0.15) is 29.4 Å². The SMILES string of the molecule is Cc1nc(C)c(CC(=O)N2C[C@@H](NS(C)(=O)=O)[C@H](C(C)C)C2)s1. The summed E-state index contributed by atoms with van der Waals surface area (Å²) in [6, 6.07) is -0.210. The standard InChI is InChI=1S/C15H25N3O3S2/c1-9(2)12-7-18(8-13(12)17-23(5,20)21)15(19)6-14-10(3)16-11(4)22-14/h9,12-13,17H,6-8H2,1-5H3/t12-,13+/m0/s1. The quantitative estimate of drug-likeness (QED) is 0.860. The molecule has 1 saturated heterocycles. The Labute approximate surface area is 142 Å². The van der Waals surface area contributed by atoms with Crippen LogP contribution in [-0.4, -0.2) is 49.6 Å². The van der Waals surface area contributed by atoms with Gasteiger partial charge in [-0.1, -0.05) is 13.8 Å². The van der Waals surface area contributed by atoms with E-state index in [-0.39, 0.29) is 17.9 Å². The predicted octanol–water partition coefficient (Wildman–Crippen LogP) is 1.33. The van der Waals surface area contributed by atoms with Gasteiger partial charge in [0.2, 0.25) is 15.9 Å². The Morgan fingerprint density at radius 3 is 2.52 bits per heavy atom. The van der Waals surface area contributed by atoms with Crippen LogP contribution < -0.4 is 4.72 Å². The normalized spacial score (nSPS) is 22.1. The molecule has 1 aliphatic rings. The molecule has 2 rings (SSSR count). The number of aromatic nitrogens is 1. The molecule has 1 aliphatic heterocycles. The second kappa shape index (κ2) is 6.86. The van der Waals surface area contributed by atoms with Gasteiger partial charge < -0.3 is 4.90 Å². The minimum absolute atomic E-state index is 0.0419. The number of hydrogen-bond donors (Lipinski definition) is 1. The van der Waals surface area contributed by atoms with Crippen molar-refractivity contribution in [3.05, 3.63) is 15.6 Å². The second-order valence-electron chi connectivity index (χ2n) is 6.62. The lowest BCUT2D eigenvalue weighted by molar-refractivity contribution is -0.129. The van der Waals surface area contributed by atoms with Gasteiger partial charge in [0.25, 0.3) is 0 Å². The molecule has 2 heterocycles. The maximum Gasteiger partial charge on any atom is 0.227 e. The van der Waals surface area contributed by atoms with Crippen molar-refractivity contribution in [2.75, 3.05) is 19.3 Å². The summed E-state index contributed by atoms with van der Waals surface area (Å²) in [7, 11) is -3.28. The van der Waals surface area contributed by atoms with Crippen molar-refractivity contribution in [3.63, 3.8) is 0 Å². The fraction of sp³-hybridized carbons (Fsp3) is 0.733. The fourth-order valence-electron chi connectivity index (χ4n) is 3.09. The van der Waals surface area contributed by atoms with Crippen LogP contribution in [-0.2, 0) is 21.2 Å². The van der Waals surface area contributed by atoms with Gasteiger partial charge in [-0.15, -0.1) is 11.3 Å². The van der Waals surface area contributed by atoms with Crippen molar-refractivity contribution in [1.29, 1.82) is 0 Å². The van der Waals surface area contributed by atoms with Gasteiger partial charge in [-0.3, -0.25) is 4.79 Å². The topological polar surface area (TPSA) is 79.4 Å². The second-order valence-corrected chi connectivity index (χ2v) is 9.69. The van der Waals surface area contributed by atoms with E-state index in [1.54, 1.807) is 16.2 Å². The summed E-state index contributed by atoms with van der Waals surface area (Å²) < 4.78 is 25.8. The Balaban J connectivity index is 2.08. The van der Waals surface area contributed by atoms with Gasteiger partial charge in [0.15, 0.2) is 0 Å². The molecular formula is C15H25N3O3S2. The number of amides is 1. The number of thiazole rings is 1. The van der Waals surface area contributed by atoms with Crippen LogP contribution in [0.5, 0.6) is 0 Å². The van der Waals surface area contributed by atoms with E-state index in [9.17, 15) is 13.2 Å². The highest BCUT2D eigenvalue weighted by molar-refractivity contribution is 7.88. The van der Waals surface area contributed by atoms with E-state index < -0.39 is 10.0 Å². The molecular weight excluding hydrogens is 334 g/mol. The van der Waals surface area contributed by atoms with E-state index in [2.05, 4.69) is 23.6 Å². The Kier molecular flexibility index (Phi) is 5.48. The zero-order chi connectivity index (χ0) is 17.4. The van der Waals surface area contributed by atoms with E-state index in [0.29, 0.717) is 25.4 Å². The van der Waals surface area contributed by atoms with Crippen LogP contribution in [0.15, 0.2) is 0 Å². The first-order chi connectivity index (χ1) is 10.6. The number of nitrogens with zero attached hydrogens (tertiary/aromatic N) is 2. The van der Waals surface area contributed by atoms with Gasteiger partial charge in [-0.05, 0) is 25.7 Å². The summed E-state index contributed by atoms with van der Waals surface area (Å²) >= 11 is 1.55. The number of likely N-dealkylation sites (tertiary alicyclic amines) is 1. The van der Waals surface area contributed by atoms with Gasteiger partial charge in [0.05, 0.1) is 23.4 Å². The lowest BCUT2D eigenvalue weighted by Crippen LogP contribution is -2.41. The van der Waals surface area contributed by atoms with Crippen molar-refractivity contribution in [2.45, 2.75) is 40.2 Å². The van der Waals surface area contributed by atoms with Crippen molar-refractivity contribution >= 4 is 27.3 Å². The molecule has 6 nitrogen and oxygen atoms in total. The van der Waals surface area contributed by atoms with Crippen molar-refractivity contribution in [1.82, 2.24) is 14.6 Å². The van der Waals surface area contributed by atoms with Crippen LogP contribution in [0.4, 0.5) is 0 Å². The fourth-order valence-corrected chi connectivity index (χ4v) is 4.82. The molecule has 0 unspecified atom stereocenters. The molecule has 1 aromatic rings. The molecule has 0 aromatic carbocycles. The number of carbonyl (C=O) groups excluding carboxylic acids is 1. The molecule has 23 heavy (non-hydrogen) atoms. The summed E-state index contributed by atoms with van der Waals surface area (Å²) in [6.07, 6.45) is 1.51. The molecule has 2 atom stereocenters. The molecule has 0 aliphatic carbocycles. The van der Waals surface area contributed by atoms with Crippen LogP contribution >= 0.6 is 11.3 Å². The van der Waals surface area contributed by atoms with E-state index in [1.807, 2.05) is 13.8 Å². The smallest absolute Gasteiger partial charge is 0.227 e. The van der Waals surface area contributed by atoms with Gasteiger partial charge in [-0.2, -0.15) is 0 Å².